The number of amides is 1. The fraction of sp³-hybridized carbons (Fsp3) is 0.263. The van der Waals surface area contributed by atoms with Crippen LogP contribution in [0.15, 0.2) is 41.1 Å². The van der Waals surface area contributed by atoms with E-state index >= 15 is 0 Å². The minimum atomic E-state index is -0.289. The molecule has 0 aliphatic heterocycles. The van der Waals surface area contributed by atoms with Crippen LogP contribution < -0.4 is 5.32 Å². The standard InChI is InChI=1S/C19H20FN3OS2/c1-12-17(26-19(22-12)13-4-6-15(20)7-5-13)18(24)21-10-16(23(2)3)14-8-9-25-11-14/h4-9,11,16H,10H2,1-3H3,(H,21,24). The highest BCUT2D eigenvalue weighted by atomic mass is 32.1. The highest BCUT2D eigenvalue weighted by molar-refractivity contribution is 7.17. The van der Waals surface area contributed by atoms with E-state index < -0.39 is 0 Å². The van der Waals surface area contributed by atoms with Crippen molar-refractivity contribution in [2.45, 2.75) is 13.0 Å². The second kappa shape index (κ2) is 8.07. The Morgan fingerprint density at radius 2 is 2.00 bits per heavy atom. The minimum Gasteiger partial charge on any atom is -0.349 e. The molecule has 1 amide bonds. The topological polar surface area (TPSA) is 45.2 Å². The lowest BCUT2D eigenvalue weighted by Gasteiger charge is -2.23. The number of thiazole rings is 1. The molecule has 3 aromatic rings. The Kier molecular flexibility index (Phi) is 5.80. The molecular formula is C19H20FN3OS2. The third-order valence-electron chi connectivity index (χ3n) is 4.10. The lowest BCUT2D eigenvalue weighted by atomic mass is 10.1. The maximum Gasteiger partial charge on any atom is 0.263 e. The van der Waals surface area contributed by atoms with Crippen LogP contribution >= 0.6 is 22.7 Å². The molecule has 0 radical (unpaired) electrons. The van der Waals surface area contributed by atoms with Crippen molar-refractivity contribution in [1.29, 1.82) is 0 Å². The zero-order valence-corrected chi connectivity index (χ0v) is 16.5. The summed E-state index contributed by atoms with van der Waals surface area (Å²) in [4.78, 5) is 19.8. The van der Waals surface area contributed by atoms with Gasteiger partial charge in [-0.05, 0) is 67.7 Å². The first-order valence-corrected chi connectivity index (χ1v) is 9.91. The number of hydrogen-bond acceptors (Lipinski definition) is 5. The number of aryl methyl sites for hydroxylation is 1. The number of rotatable bonds is 6. The lowest BCUT2D eigenvalue weighted by molar-refractivity contribution is 0.0945. The lowest BCUT2D eigenvalue weighted by Crippen LogP contribution is -2.34. The highest BCUT2D eigenvalue weighted by Gasteiger charge is 2.19. The van der Waals surface area contributed by atoms with Gasteiger partial charge in [0.15, 0.2) is 0 Å². The molecule has 26 heavy (non-hydrogen) atoms. The summed E-state index contributed by atoms with van der Waals surface area (Å²) in [6.45, 7) is 2.34. The Labute approximate surface area is 160 Å². The summed E-state index contributed by atoms with van der Waals surface area (Å²) in [5.74, 6) is -0.418. The normalized spacial score (nSPS) is 12.3. The number of benzene rings is 1. The summed E-state index contributed by atoms with van der Waals surface area (Å²) >= 11 is 2.97. The molecule has 1 aromatic carbocycles. The van der Waals surface area contributed by atoms with Crippen molar-refractivity contribution in [3.05, 3.63) is 63.0 Å². The molecule has 136 valence electrons. The van der Waals surface area contributed by atoms with Crippen molar-refractivity contribution >= 4 is 28.6 Å². The number of likely N-dealkylation sites (N-methyl/N-ethyl adjacent to an activating group) is 1. The second-order valence-corrected chi connectivity index (χ2v) is 7.97. The first-order chi connectivity index (χ1) is 12.5. The van der Waals surface area contributed by atoms with Gasteiger partial charge >= 0.3 is 0 Å². The predicted octanol–water partition coefficient (Wildman–Crippen LogP) is 4.35. The van der Waals surface area contributed by atoms with E-state index in [4.69, 9.17) is 0 Å². The van der Waals surface area contributed by atoms with Crippen LogP contribution in [0.4, 0.5) is 4.39 Å². The van der Waals surface area contributed by atoms with Gasteiger partial charge in [0, 0.05) is 12.1 Å². The van der Waals surface area contributed by atoms with Gasteiger partial charge in [0.2, 0.25) is 0 Å². The zero-order valence-electron chi connectivity index (χ0n) is 14.8. The first-order valence-electron chi connectivity index (χ1n) is 8.16. The Bertz CT molecular complexity index is 873. The van der Waals surface area contributed by atoms with Crippen molar-refractivity contribution in [3.8, 4) is 10.6 Å². The average Bonchev–Trinajstić information content (AvgIpc) is 3.25. The van der Waals surface area contributed by atoms with E-state index in [2.05, 4.69) is 26.6 Å². The predicted molar refractivity (Wildman–Crippen MR) is 105 cm³/mol. The molecule has 1 atom stereocenters. The molecule has 1 N–H and O–H groups in total. The van der Waals surface area contributed by atoms with Crippen LogP contribution in [0.1, 0.15) is 27.0 Å². The number of halogens is 1. The number of nitrogens with zero attached hydrogens (tertiary/aromatic N) is 2. The summed E-state index contributed by atoms with van der Waals surface area (Å²) < 4.78 is 13.1. The molecule has 0 saturated carbocycles. The average molecular weight is 390 g/mol. The number of aromatic nitrogens is 1. The molecular weight excluding hydrogens is 369 g/mol. The maximum atomic E-state index is 13.1. The van der Waals surface area contributed by atoms with E-state index in [-0.39, 0.29) is 17.8 Å². The molecule has 0 fully saturated rings. The zero-order chi connectivity index (χ0) is 18.7. The van der Waals surface area contributed by atoms with Gasteiger partial charge < -0.3 is 10.2 Å². The summed E-state index contributed by atoms with van der Waals surface area (Å²) in [5.41, 5.74) is 2.68. The smallest absolute Gasteiger partial charge is 0.263 e. The van der Waals surface area contributed by atoms with Gasteiger partial charge in [-0.2, -0.15) is 11.3 Å². The second-order valence-electron chi connectivity index (χ2n) is 6.19. The Hall–Kier alpha value is -2.09. The molecule has 2 heterocycles. The van der Waals surface area contributed by atoms with Crippen molar-refractivity contribution in [2.75, 3.05) is 20.6 Å². The fourth-order valence-corrected chi connectivity index (χ4v) is 4.35. The van der Waals surface area contributed by atoms with E-state index in [9.17, 15) is 9.18 Å². The highest BCUT2D eigenvalue weighted by Crippen LogP contribution is 2.28. The third-order valence-corrected chi connectivity index (χ3v) is 6.01. The number of hydrogen-bond donors (Lipinski definition) is 1. The van der Waals surface area contributed by atoms with Gasteiger partial charge in [-0.1, -0.05) is 0 Å². The molecule has 0 spiro atoms. The summed E-state index contributed by atoms with van der Waals surface area (Å²) in [7, 11) is 4.00. The van der Waals surface area contributed by atoms with Crippen molar-refractivity contribution in [1.82, 2.24) is 15.2 Å². The number of carbonyl (C=O) groups excluding carboxylic acids is 1. The molecule has 3 rings (SSSR count). The van der Waals surface area contributed by atoms with Crippen LogP contribution in [0, 0.1) is 12.7 Å². The molecule has 4 nitrogen and oxygen atoms in total. The molecule has 1 unspecified atom stereocenters. The molecule has 0 aliphatic carbocycles. The number of thiophene rings is 1. The first kappa shape index (κ1) is 18.7. The van der Waals surface area contributed by atoms with Crippen LogP contribution in [0.2, 0.25) is 0 Å². The molecule has 7 heteroatoms. The number of carbonyl (C=O) groups is 1. The Balaban J connectivity index is 1.73. The number of nitrogens with one attached hydrogen (secondary N) is 1. The van der Waals surface area contributed by atoms with E-state index in [0.29, 0.717) is 17.1 Å². The van der Waals surface area contributed by atoms with E-state index in [0.717, 1.165) is 10.6 Å². The van der Waals surface area contributed by atoms with Gasteiger partial charge in [0.25, 0.3) is 5.91 Å². The van der Waals surface area contributed by atoms with E-state index in [1.165, 1.54) is 29.0 Å². The summed E-state index contributed by atoms with van der Waals surface area (Å²) in [6.07, 6.45) is 0. The van der Waals surface area contributed by atoms with E-state index in [1.54, 1.807) is 23.5 Å². The van der Waals surface area contributed by atoms with Gasteiger partial charge in [0.05, 0.1) is 11.7 Å². The quantitative estimate of drug-likeness (QED) is 0.682. The largest absolute Gasteiger partial charge is 0.349 e. The van der Waals surface area contributed by atoms with Gasteiger partial charge in [-0.15, -0.1) is 11.3 Å². The fourth-order valence-electron chi connectivity index (χ4n) is 2.66. The van der Waals surface area contributed by atoms with Gasteiger partial charge in [0.1, 0.15) is 15.7 Å². The van der Waals surface area contributed by atoms with Crippen LogP contribution in [0.5, 0.6) is 0 Å². The van der Waals surface area contributed by atoms with Crippen LogP contribution in [-0.2, 0) is 0 Å². The van der Waals surface area contributed by atoms with Crippen LogP contribution in [0.25, 0.3) is 10.6 Å². The monoisotopic (exact) mass is 389 g/mol. The Morgan fingerprint density at radius 1 is 1.27 bits per heavy atom. The molecule has 0 saturated heterocycles. The van der Waals surface area contributed by atoms with Crippen molar-refractivity contribution in [3.63, 3.8) is 0 Å². The maximum absolute atomic E-state index is 13.1. The van der Waals surface area contributed by atoms with Crippen molar-refractivity contribution in [2.24, 2.45) is 0 Å². The summed E-state index contributed by atoms with van der Waals surface area (Å²) in [6, 6.07) is 8.34. The summed E-state index contributed by atoms with van der Waals surface area (Å²) in [5, 5.41) is 7.87. The van der Waals surface area contributed by atoms with Gasteiger partial charge in [-0.3, -0.25) is 4.79 Å². The Morgan fingerprint density at radius 3 is 2.62 bits per heavy atom. The van der Waals surface area contributed by atoms with Crippen LogP contribution in [-0.4, -0.2) is 36.4 Å². The van der Waals surface area contributed by atoms with E-state index in [1.807, 2.05) is 26.4 Å². The molecule has 2 aromatic heterocycles. The minimum absolute atomic E-state index is 0.120. The van der Waals surface area contributed by atoms with Gasteiger partial charge in [-0.25, -0.2) is 9.37 Å². The SMILES string of the molecule is Cc1nc(-c2ccc(F)cc2)sc1C(=O)NCC(c1ccsc1)N(C)C. The van der Waals surface area contributed by atoms with Crippen molar-refractivity contribution < 1.29 is 9.18 Å². The molecule has 0 aliphatic rings. The molecule has 0 bridgehead atoms. The third kappa shape index (κ3) is 4.17. The van der Waals surface area contributed by atoms with Crippen LogP contribution in [0.3, 0.4) is 0 Å².